The van der Waals surface area contributed by atoms with E-state index in [-0.39, 0.29) is 17.0 Å². The highest BCUT2D eigenvalue weighted by atomic mass is 16.2. The van der Waals surface area contributed by atoms with Crippen molar-refractivity contribution in [2.45, 2.75) is 32.7 Å². The van der Waals surface area contributed by atoms with Crippen LogP contribution in [-0.4, -0.2) is 66.0 Å². The molecule has 154 valence electrons. The lowest BCUT2D eigenvalue weighted by Crippen LogP contribution is -2.56. The number of pyridine rings is 1. The van der Waals surface area contributed by atoms with Crippen LogP contribution in [0, 0.1) is 13.8 Å². The zero-order valence-electron chi connectivity index (χ0n) is 17.4. The maximum atomic E-state index is 12.9. The van der Waals surface area contributed by atoms with Gasteiger partial charge in [0.2, 0.25) is 0 Å². The Hall–Kier alpha value is -2.60. The molecule has 2 aliphatic heterocycles. The average molecular weight is 395 g/mol. The highest BCUT2D eigenvalue weighted by Crippen LogP contribution is 2.23. The zero-order chi connectivity index (χ0) is 20.4. The second-order valence-electron chi connectivity index (χ2n) is 8.24. The van der Waals surface area contributed by atoms with E-state index in [0.29, 0.717) is 12.6 Å². The van der Waals surface area contributed by atoms with E-state index >= 15 is 0 Å². The lowest BCUT2D eigenvalue weighted by atomic mass is 10.0. The molecule has 2 fully saturated rings. The number of carbonyl (C=O) groups is 1. The van der Waals surface area contributed by atoms with Crippen molar-refractivity contribution in [1.29, 1.82) is 0 Å². The Morgan fingerprint density at radius 1 is 1.00 bits per heavy atom. The molecule has 6 heteroatoms. The number of rotatable bonds is 3. The predicted octanol–water partition coefficient (Wildman–Crippen LogP) is 2.42. The number of amides is 1. The van der Waals surface area contributed by atoms with E-state index in [0.717, 1.165) is 51.3 Å². The first-order valence-corrected chi connectivity index (χ1v) is 10.6. The average Bonchev–Trinajstić information content (AvgIpc) is 2.74. The van der Waals surface area contributed by atoms with Crippen molar-refractivity contribution >= 4 is 11.6 Å². The predicted molar refractivity (Wildman–Crippen MR) is 116 cm³/mol. The second-order valence-corrected chi connectivity index (χ2v) is 8.24. The van der Waals surface area contributed by atoms with Crippen molar-refractivity contribution < 1.29 is 4.79 Å². The summed E-state index contributed by atoms with van der Waals surface area (Å²) in [4.78, 5) is 34.7. The van der Waals surface area contributed by atoms with Gasteiger partial charge < -0.3 is 14.8 Å². The number of H-pyrrole nitrogens is 1. The number of nitrogens with zero attached hydrogens (tertiary/aromatic N) is 3. The molecule has 1 amide bonds. The van der Waals surface area contributed by atoms with Gasteiger partial charge in [-0.05, 0) is 50.5 Å². The number of likely N-dealkylation sites (tertiary alicyclic amines) is 1. The summed E-state index contributed by atoms with van der Waals surface area (Å²) in [6.07, 6.45) is 2.09. The van der Waals surface area contributed by atoms with Crippen molar-refractivity contribution in [3.63, 3.8) is 0 Å². The molecule has 2 aliphatic rings. The van der Waals surface area contributed by atoms with Crippen LogP contribution in [0.15, 0.2) is 41.2 Å². The van der Waals surface area contributed by atoms with Gasteiger partial charge >= 0.3 is 0 Å². The molecule has 1 aromatic carbocycles. The van der Waals surface area contributed by atoms with Gasteiger partial charge in [0.05, 0.1) is 0 Å². The quantitative estimate of drug-likeness (QED) is 0.869. The Morgan fingerprint density at radius 2 is 1.76 bits per heavy atom. The van der Waals surface area contributed by atoms with E-state index in [1.54, 1.807) is 12.1 Å². The summed E-state index contributed by atoms with van der Waals surface area (Å²) in [5.41, 5.74) is 3.38. The number of anilines is 1. The zero-order valence-corrected chi connectivity index (χ0v) is 17.4. The molecule has 1 atom stereocenters. The summed E-state index contributed by atoms with van der Waals surface area (Å²) >= 11 is 0. The first-order valence-electron chi connectivity index (χ1n) is 10.6. The number of para-hydroxylation sites is 1. The highest BCUT2D eigenvalue weighted by molar-refractivity contribution is 5.93. The van der Waals surface area contributed by atoms with Gasteiger partial charge in [0, 0.05) is 56.7 Å². The van der Waals surface area contributed by atoms with Crippen LogP contribution < -0.4 is 10.5 Å². The summed E-state index contributed by atoms with van der Waals surface area (Å²) in [5.74, 6) is -0.144. The maximum Gasteiger partial charge on any atom is 0.260 e. The third kappa shape index (κ3) is 4.22. The van der Waals surface area contributed by atoms with Crippen molar-refractivity contribution in [3.05, 3.63) is 63.6 Å². The van der Waals surface area contributed by atoms with Crippen molar-refractivity contribution in [2.75, 3.05) is 44.2 Å². The van der Waals surface area contributed by atoms with Gasteiger partial charge in [0.25, 0.3) is 11.5 Å². The SMILES string of the molecule is Cc1ccc(C(=O)N2CCC[C@@H](N3CCN(c4ccccc4C)CC3)C2)c(=O)[nH]1. The number of nitrogens with one attached hydrogen (secondary N) is 1. The molecule has 3 heterocycles. The molecule has 0 bridgehead atoms. The monoisotopic (exact) mass is 394 g/mol. The van der Waals surface area contributed by atoms with Crippen molar-refractivity contribution in [3.8, 4) is 0 Å². The molecule has 0 spiro atoms. The number of piperazine rings is 1. The van der Waals surface area contributed by atoms with Crippen LogP contribution >= 0.6 is 0 Å². The minimum Gasteiger partial charge on any atom is -0.369 e. The van der Waals surface area contributed by atoms with Crippen LogP contribution in [0.1, 0.15) is 34.5 Å². The molecule has 2 aromatic rings. The van der Waals surface area contributed by atoms with Crippen LogP contribution in [0.2, 0.25) is 0 Å². The van der Waals surface area contributed by atoms with Gasteiger partial charge in [-0.2, -0.15) is 0 Å². The molecule has 1 aromatic heterocycles. The van der Waals surface area contributed by atoms with Crippen LogP contribution in [0.25, 0.3) is 0 Å². The van der Waals surface area contributed by atoms with Gasteiger partial charge in [-0.1, -0.05) is 18.2 Å². The van der Waals surface area contributed by atoms with E-state index in [2.05, 4.69) is 46.0 Å². The number of aromatic nitrogens is 1. The number of carbonyl (C=O) groups excluding carboxylic acids is 1. The summed E-state index contributed by atoms with van der Waals surface area (Å²) in [6.45, 7) is 9.45. The number of hydrogen-bond acceptors (Lipinski definition) is 4. The summed E-state index contributed by atoms with van der Waals surface area (Å²) < 4.78 is 0. The third-order valence-electron chi connectivity index (χ3n) is 6.26. The Labute approximate surface area is 172 Å². The largest absolute Gasteiger partial charge is 0.369 e. The fourth-order valence-electron chi connectivity index (χ4n) is 4.59. The summed E-state index contributed by atoms with van der Waals surface area (Å²) in [6, 6.07) is 12.4. The normalized spacial score (nSPS) is 20.7. The number of benzene rings is 1. The first kappa shape index (κ1) is 19.7. The van der Waals surface area contributed by atoms with E-state index in [4.69, 9.17) is 0 Å². The van der Waals surface area contributed by atoms with Gasteiger partial charge in [0.15, 0.2) is 0 Å². The molecule has 0 radical (unpaired) electrons. The molecule has 0 unspecified atom stereocenters. The lowest BCUT2D eigenvalue weighted by molar-refractivity contribution is 0.0562. The number of aryl methyl sites for hydroxylation is 2. The standard InChI is InChI=1S/C23H30N4O2/c1-17-6-3-4-8-21(17)26-14-12-25(13-15-26)19-7-5-11-27(16-19)23(29)20-10-9-18(2)24-22(20)28/h3-4,6,8-10,19H,5,7,11-16H2,1-2H3,(H,24,28)/t19-/m1/s1. The third-order valence-corrected chi connectivity index (χ3v) is 6.26. The first-order chi connectivity index (χ1) is 14.0. The number of aromatic amines is 1. The van der Waals surface area contributed by atoms with Gasteiger partial charge in [0.1, 0.15) is 5.56 Å². The summed E-state index contributed by atoms with van der Waals surface area (Å²) in [7, 11) is 0. The molecule has 6 nitrogen and oxygen atoms in total. The highest BCUT2D eigenvalue weighted by Gasteiger charge is 2.31. The Morgan fingerprint density at radius 3 is 2.48 bits per heavy atom. The van der Waals surface area contributed by atoms with Crippen molar-refractivity contribution in [1.82, 2.24) is 14.8 Å². The van der Waals surface area contributed by atoms with Crippen LogP contribution in [0.4, 0.5) is 5.69 Å². The minimum absolute atomic E-state index is 0.144. The van der Waals surface area contributed by atoms with E-state index in [1.165, 1.54) is 11.3 Å². The Balaban J connectivity index is 1.38. The van der Waals surface area contributed by atoms with E-state index in [1.807, 2.05) is 11.8 Å². The Kier molecular flexibility index (Phi) is 5.72. The van der Waals surface area contributed by atoms with Gasteiger partial charge in [-0.15, -0.1) is 0 Å². The number of piperidine rings is 1. The molecule has 0 saturated carbocycles. The van der Waals surface area contributed by atoms with E-state index < -0.39 is 0 Å². The van der Waals surface area contributed by atoms with Gasteiger partial charge in [-0.3, -0.25) is 14.5 Å². The maximum absolute atomic E-state index is 12.9. The van der Waals surface area contributed by atoms with Crippen LogP contribution in [-0.2, 0) is 0 Å². The van der Waals surface area contributed by atoms with Crippen LogP contribution in [0.3, 0.4) is 0 Å². The van der Waals surface area contributed by atoms with Crippen molar-refractivity contribution in [2.24, 2.45) is 0 Å². The minimum atomic E-state index is -0.288. The molecule has 1 N–H and O–H groups in total. The summed E-state index contributed by atoms with van der Waals surface area (Å²) in [5, 5.41) is 0. The van der Waals surface area contributed by atoms with Crippen LogP contribution in [0.5, 0.6) is 0 Å². The smallest absolute Gasteiger partial charge is 0.260 e. The Bertz CT molecular complexity index is 930. The molecule has 2 saturated heterocycles. The molecule has 4 rings (SSSR count). The lowest BCUT2D eigenvalue weighted by Gasteiger charge is -2.44. The topological polar surface area (TPSA) is 59.7 Å². The van der Waals surface area contributed by atoms with Gasteiger partial charge in [-0.25, -0.2) is 0 Å². The molecular weight excluding hydrogens is 364 g/mol. The number of hydrogen-bond donors (Lipinski definition) is 1. The second kappa shape index (κ2) is 8.41. The molecule has 0 aliphatic carbocycles. The molecule has 29 heavy (non-hydrogen) atoms. The fourth-order valence-corrected chi connectivity index (χ4v) is 4.59. The van der Waals surface area contributed by atoms with E-state index in [9.17, 15) is 9.59 Å². The molecular formula is C23H30N4O2. The fraction of sp³-hybridized carbons (Fsp3) is 0.478.